The van der Waals surface area contributed by atoms with Gasteiger partial charge in [0.1, 0.15) is 5.82 Å². The maximum atomic E-state index is 13.2. The molecule has 1 aliphatic heterocycles. The Bertz CT molecular complexity index is 1270. The number of fused-ring (bicyclic) bond motifs is 1. The summed E-state index contributed by atoms with van der Waals surface area (Å²) in [6.07, 6.45) is 5.64. The highest BCUT2D eigenvalue weighted by molar-refractivity contribution is 7.18. The van der Waals surface area contributed by atoms with Crippen LogP contribution in [0.25, 0.3) is 10.2 Å². The van der Waals surface area contributed by atoms with Gasteiger partial charge in [-0.2, -0.15) is 0 Å². The summed E-state index contributed by atoms with van der Waals surface area (Å²) < 4.78 is 1.06. The molecule has 1 aliphatic rings. The maximum Gasteiger partial charge on any atom is 0.253 e. The third-order valence-corrected chi connectivity index (χ3v) is 6.86. The van der Waals surface area contributed by atoms with Gasteiger partial charge in [0.05, 0.1) is 27.1 Å². The van der Waals surface area contributed by atoms with E-state index >= 15 is 0 Å². The highest BCUT2D eigenvalue weighted by Gasteiger charge is 2.26. The standard InChI is InChI=1S/C25H25N5OS/c1-16-5-3-11-26-24(16)29-20-8-10-21(27-14-20)19-6-4-12-30(15-19)25(31)18-7-9-22-23(13-18)32-17(2)28-22/h3,5,7-11,13-14,19H,4,6,12,15H2,1-2H3,(H,26,29). The fourth-order valence-electron chi connectivity index (χ4n) is 4.23. The molecule has 0 aliphatic carbocycles. The van der Waals surface area contributed by atoms with E-state index in [0.717, 1.165) is 62.9 Å². The van der Waals surface area contributed by atoms with E-state index < -0.39 is 0 Å². The molecule has 0 bridgehead atoms. The zero-order valence-corrected chi connectivity index (χ0v) is 19.0. The number of rotatable bonds is 4. The van der Waals surface area contributed by atoms with Crippen molar-refractivity contribution in [3.63, 3.8) is 0 Å². The van der Waals surface area contributed by atoms with Crippen molar-refractivity contribution in [1.82, 2.24) is 19.9 Å². The lowest BCUT2D eigenvalue weighted by atomic mass is 9.93. The molecule has 6 nitrogen and oxygen atoms in total. The van der Waals surface area contributed by atoms with E-state index in [-0.39, 0.29) is 11.8 Å². The summed E-state index contributed by atoms with van der Waals surface area (Å²) in [5.41, 5.74) is 4.72. The fourth-order valence-corrected chi connectivity index (χ4v) is 5.10. The van der Waals surface area contributed by atoms with Crippen LogP contribution in [0.3, 0.4) is 0 Å². The first-order chi connectivity index (χ1) is 15.6. The van der Waals surface area contributed by atoms with Crippen LogP contribution in [0.1, 0.15) is 45.4 Å². The van der Waals surface area contributed by atoms with Crippen molar-refractivity contribution < 1.29 is 4.79 Å². The quantitative estimate of drug-likeness (QED) is 0.453. The molecule has 7 heteroatoms. The first kappa shape index (κ1) is 20.6. The molecule has 1 N–H and O–H groups in total. The number of thiazole rings is 1. The lowest BCUT2D eigenvalue weighted by Crippen LogP contribution is -2.39. The van der Waals surface area contributed by atoms with Crippen LogP contribution in [0.4, 0.5) is 11.5 Å². The number of pyridine rings is 2. The van der Waals surface area contributed by atoms with Gasteiger partial charge < -0.3 is 10.2 Å². The smallest absolute Gasteiger partial charge is 0.253 e. The minimum absolute atomic E-state index is 0.0894. The Labute approximate surface area is 191 Å². The zero-order valence-electron chi connectivity index (χ0n) is 18.2. The summed E-state index contributed by atoms with van der Waals surface area (Å²) >= 11 is 1.63. The summed E-state index contributed by atoms with van der Waals surface area (Å²) in [5, 5.41) is 4.34. The molecule has 1 fully saturated rings. The van der Waals surface area contributed by atoms with E-state index in [9.17, 15) is 4.79 Å². The van der Waals surface area contributed by atoms with E-state index in [1.165, 1.54) is 0 Å². The minimum Gasteiger partial charge on any atom is -0.339 e. The molecule has 4 aromatic rings. The van der Waals surface area contributed by atoms with Gasteiger partial charge in [-0.05, 0) is 68.7 Å². The van der Waals surface area contributed by atoms with Crippen LogP contribution in [0.5, 0.6) is 0 Å². The van der Waals surface area contributed by atoms with Crippen molar-refractivity contribution in [1.29, 1.82) is 0 Å². The first-order valence-electron chi connectivity index (χ1n) is 10.9. The normalized spacial score (nSPS) is 16.3. The van der Waals surface area contributed by atoms with Gasteiger partial charge in [0.2, 0.25) is 0 Å². The topological polar surface area (TPSA) is 71.0 Å². The Morgan fingerprint density at radius 2 is 2.06 bits per heavy atom. The highest BCUT2D eigenvalue weighted by Crippen LogP contribution is 2.29. The largest absolute Gasteiger partial charge is 0.339 e. The third kappa shape index (κ3) is 4.21. The Hall–Kier alpha value is -3.32. The number of amides is 1. The Kier molecular flexibility index (Phi) is 5.57. The van der Waals surface area contributed by atoms with Crippen LogP contribution >= 0.6 is 11.3 Å². The second kappa shape index (κ2) is 8.67. The number of hydrogen-bond acceptors (Lipinski definition) is 6. The molecular formula is C25H25N5OS. The molecule has 1 saturated heterocycles. The van der Waals surface area contributed by atoms with Crippen molar-refractivity contribution in [3.05, 3.63) is 76.7 Å². The molecule has 4 heterocycles. The van der Waals surface area contributed by atoms with Gasteiger partial charge in [-0.3, -0.25) is 9.78 Å². The molecule has 3 aromatic heterocycles. The second-order valence-electron chi connectivity index (χ2n) is 8.27. The Morgan fingerprint density at radius 1 is 1.16 bits per heavy atom. The average molecular weight is 444 g/mol. The van der Waals surface area contributed by atoms with E-state index in [4.69, 9.17) is 4.98 Å². The van der Waals surface area contributed by atoms with Crippen molar-refractivity contribution in [2.24, 2.45) is 0 Å². The molecule has 1 atom stereocenters. The van der Waals surface area contributed by atoms with Crippen LogP contribution < -0.4 is 5.32 Å². The predicted octanol–water partition coefficient (Wildman–Crippen LogP) is 5.47. The van der Waals surface area contributed by atoms with Crippen LogP contribution in [0.2, 0.25) is 0 Å². The number of nitrogens with zero attached hydrogens (tertiary/aromatic N) is 4. The van der Waals surface area contributed by atoms with Crippen LogP contribution in [-0.4, -0.2) is 38.8 Å². The lowest BCUT2D eigenvalue weighted by molar-refractivity contribution is 0.0706. The summed E-state index contributed by atoms with van der Waals surface area (Å²) in [7, 11) is 0. The minimum atomic E-state index is 0.0894. The fraction of sp³-hybridized carbons (Fsp3) is 0.280. The molecule has 0 radical (unpaired) electrons. The van der Waals surface area contributed by atoms with E-state index in [1.54, 1.807) is 17.5 Å². The molecule has 0 spiro atoms. The number of likely N-dealkylation sites (tertiary alicyclic amines) is 1. The van der Waals surface area contributed by atoms with E-state index in [2.05, 4.69) is 21.4 Å². The summed E-state index contributed by atoms with van der Waals surface area (Å²) in [6.45, 7) is 5.50. The van der Waals surface area contributed by atoms with Crippen LogP contribution in [0, 0.1) is 13.8 Å². The van der Waals surface area contributed by atoms with Gasteiger partial charge in [-0.15, -0.1) is 11.3 Å². The number of benzene rings is 1. The zero-order chi connectivity index (χ0) is 22.1. The SMILES string of the molecule is Cc1nc2ccc(C(=O)N3CCCC(c4ccc(Nc5ncccc5C)cn4)C3)cc2s1. The molecule has 32 heavy (non-hydrogen) atoms. The van der Waals surface area contributed by atoms with Crippen molar-refractivity contribution in [2.75, 3.05) is 18.4 Å². The first-order valence-corrected chi connectivity index (χ1v) is 11.7. The van der Waals surface area contributed by atoms with Gasteiger partial charge in [-0.25, -0.2) is 9.97 Å². The van der Waals surface area contributed by atoms with Gasteiger partial charge in [0.25, 0.3) is 5.91 Å². The van der Waals surface area contributed by atoms with Crippen molar-refractivity contribution in [2.45, 2.75) is 32.6 Å². The Morgan fingerprint density at radius 3 is 2.88 bits per heavy atom. The average Bonchev–Trinajstić information content (AvgIpc) is 3.20. The second-order valence-corrected chi connectivity index (χ2v) is 9.51. The molecule has 1 amide bonds. The molecule has 0 saturated carbocycles. The molecule has 162 valence electrons. The van der Waals surface area contributed by atoms with Crippen molar-refractivity contribution >= 4 is 39.0 Å². The number of nitrogens with one attached hydrogen (secondary N) is 1. The van der Waals surface area contributed by atoms with Gasteiger partial charge >= 0.3 is 0 Å². The lowest BCUT2D eigenvalue weighted by Gasteiger charge is -2.32. The number of anilines is 2. The maximum absolute atomic E-state index is 13.2. The molecule has 1 unspecified atom stereocenters. The number of aryl methyl sites for hydroxylation is 2. The molecular weight excluding hydrogens is 418 g/mol. The summed E-state index contributed by atoms with van der Waals surface area (Å²) in [5.74, 6) is 1.17. The van der Waals surface area contributed by atoms with E-state index in [0.29, 0.717) is 6.54 Å². The molecule has 1 aromatic carbocycles. The molecule has 5 rings (SSSR count). The van der Waals surface area contributed by atoms with E-state index in [1.807, 2.05) is 61.3 Å². The summed E-state index contributed by atoms with van der Waals surface area (Å²) in [6, 6.07) is 13.9. The monoisotopic (exact) mass is 443 g/mol. The predicted molar refractivity (Wildman–Crippen MR) is 129 cm³/mol. The number of carbonyl (C=O) groups is 1. The number of hydrogen-bond donors (Lipinski definition) is 1. The van der Waals surface area contributed by atoms with Crippen molar-refractivity contribution in [3.8, 4) is 0 Å². The number of carbonyl (C=O) groups excluding carboxylic acids is 1. The van der Waals surface area contributed by atoms with Gasteiger partial charge in [0.15, 0.2) is 0 Å². The number of aromatic nitrogens is 3. The summed E-state index contributed by atoms with van der Waals surface area (Å²) in [4.78, 5) is 28.7. The highest BCUT2D eigenvalue weighted by atomic mass is 32.1. The van der Waals surface area contributed by atoms with Crippen LogP contribution in [0.15, 0.2) is 54.9 Å². The van der Waals surface area contributed by atoms with Gasteiger partial charge in [-0.1, -0.05) is 6.07 Å². The number of piperidine rings is 1. The third-order valence-electron chi connectivity index (χ3n) is 5.93. The van der Waals surface area contributed by atoms with Gasteiger partial charge in [0, 0.05) is 36.5 Å². The van der Waals surface area contributed by atoms with Crippen LogP contribution in [-0.2, 0) is 0 Å². The Balaban J connectivity index is 1.28.